The van der Waals surface area contributed by atoms with Crippen molar-refractivity contribution in [3.8, 4) is 5.88 Å². The van der Waals surface area contributed by atoms with Crippen LogP contribution in [0, 0.1) is 0 Å². The molecule has 5 nitrogen and oxygen atoms in total. The van der Waals surface area contributed by atoms with Crippen molar-refractivity contribution in [1.82, 2.24) is 14.5 Å². The summed E-state index contributed by atoms with van der Waals surface area (Å²) in [6.45, 7) is 0. The number of Topliss-reactive ketones (excluding diaryl/α,β-unsaturated/α-hetero) is 1. The lowest BCUT2D eigenvalue weighted by molar-refractivity contribution is 0.0978. The Labute approximate surface area is 105 Å². The number of imidazole rings is 1. The van der Waals surface area contributed by atoms with Gasteiger partial charge in [0.15, 0.2) is 5.78 Å². The normalized spacial score (nSPS) is 10.3. The highest BCUT2D eigenvalue weighted by atomic mass is 16.5. The minimum absolute atomic E-state index is 0.0166. The third-order valence-corrected chi connectivity index (χ3v) is 2.76. The van der Waals surface area contributed by atoms with Gasteiger partial charge in [0.2, 0.25) is 5.88 Å². The number of nitrogens with zero attached hydrogens (tertiary/aromatic N) is 3. The molecule has 0 spiro atoms. The van der Waals surface area contributed by atoms with E-state index in [4.69, 9.17) is 4.74 Å². The maximum absolute atomic E-state index is 12.1. The average Bonchev–Trinajstić information content (AvgIpc) is 2.81. The van der Waals surface area contributed by atoms with Crippen molar-refractivity contribution in [2.45, 2.75) is 12.8 Å². The average molecular weight is 245 g/mol. The van der Waals surface area contributed by atoms with E-state index in [1.165, 1.54) is 7.11 Å². The molecule has 18 heavy (non-hydrogen) atoms. The summed E-state index contributed by atoms with van der Waals surface area (Å²) < 4.78 is 6.98. The van der Waals surface area contributed by atoms with Crippen LogP contribution in [0.15, 0.2) is 30.7 Å². The molecule has 0 atom stereocenters. The van der Waals surface area contributed by atoms with E-state index in [-0.39, 0.29) is 5.78 Å². The number of rotatable bonds is 5. The van der Waals surface area contributed by atoms with E-state index in [0.29, 0.717) is 24.3 Å². The number of pyridine rings is 1. The highest BCUT2D eigenvalue weighted by Crippen LogP contribution is 2.16. The number of carbonyl (C=O) groups excluding carboxylic acids is 1. The summed E-state index contributed by atoms with van der Waals surface area (Å²) >= 11 is 0. The smallest absolute Gasteiger partial charge is 0.224 e. The predicted molar refractivity (Wildman–Crippen MR) is 66.6 cm³/mol. The quantitative estimate of drug-likeness (QED) is 0.751. The van der Waals surface area contributed by atoms with Crippen LogP contribution in [0.3, 0.4) is 0 Å². The van der Waals surface area contributed by atoms with Gasteiger partial charge in [-0.1, -0.05) is 0 Å². The van der Waals surface area contributed by atoms with Gasteiger partial charge in [0, 0.05) is 38.5 Å². The molecule has 2 aromatic heterocycles. The Morgan fingerprint density at radius 3 is 2.89 bits per heavy atom. The molecule has 2 heterocycles. The van der Waals surface area contributed by atoms with E-state index in [9.17, 15) is 4.79 Å². The fraction of sp³-hybridized carbons (Fsp3) is 0.308. The number of hydrogen-bond acceptors (Lipinski definition) is 4. The van der Waals surface area contributed by atoms with Crippen molar-refractivity contribution in [2.24, 2.45) is 7.05 Å². The molecule has 0 radical (unpaired) electrons. The van der Waals surface area contributed by atoms with Crippen LogP contribution in [0.5, 0.6) is 5.88 Å². The Balaban J connectivity index is 2.06. The molecule has 5 heteroatoms. The summed E-state index contributed by atoms with van der Waals surface area (Å²) in [5, 5.41) is 0. The zero-order valence-corrected chi connectivity index (χ0v) is 10.5. The van der Waals surface area contributed by atoms with Gasteiger partial charge < -0.3 is 9.30 Å². The zero-order chi connectivity index (χ0) is 13.0. The van der Waals surface area contributed by atoms with Crippen molar-refractivity contribution in [3.63, 3.8) is 0 Å². The third-order valence-electron chi connectivity index (χ3n) is 2.76. The molecule has 94 valence electrons. The first kappa shape index (κ1) is 12.3. The van der Waals surface area contributed by atoms with Crippen molar-refractivity contribution < 1.29 is 9.53 Å². The standard InChI is InChI=1S/C13H15N3O2/c1-16-9-8-14-12(16)6-5-11(17)10-4-3-7-15-13(10)18-2/h3-4,7-9H,5-6H2,1-2H3. The Bertz CT molecular complexity index is 549. The van der Waals surface area contributed by atoms with Gasteiger partial charge in [-0.15, -0.1) is 0 Å². The van der Waals surface area contributed by atoms with E-state index in [1.54, 1.807) is 24.5 Å². The molecule has 0 fully saturated rings. The monoisotopic (exact) mass is 245 g/mol. The zero-order valence-electron chi connectivity index (χ0n) is 10.5. The number of methoxy groups -OCH3 is 1. The topological polar surface area (TPSA) is 57.0 Å². The first-order valence-corrected chi connectivity index (χ1v) is 5.70. The Hall–Kier alpha value is -2.17. The summed E-state index contributed by atoms with van der Waals surface area (Å²) in [5.74, 6) is 1.29. The number of carbonyl (C=O) groups is 1. The highest BCUT2D eigenvalue weighted by molar-refractivity contribution is 5.98. The van der Waals surface area contributed by atoms with Gasteiger partial charge in [-0.3, -0.25) is 4.79 Å². The Morgan fingerprint density at radius 1 is 1.39 bits per heavy atom. The van der Waals surface area contributed by atoms with Crippen LogP contribution in [0.1, 0.15) is 22.6 Å². The number of aromatic nitrogens is 3. The van der Waals surface area contributed by atoms with Crippen LogP contribution in [-0.2, 0) is 13.5 Å². The van der Waals surface area contributed by atoms with E-state index < -0.39 is 0 Å². The molecule has 0 aliphatic heterocycles. The third kappa shape index (κ3) is 2.56. The molecular formula is C13H15N3O2. The van der Waals surface area contributed by atoms with Crippen molar-refractivity contribution in [3.05, 3.63) is 42.1 Å². The molecular weight excluding hydrogens is 230 g/mol. The maximum Gasteiger partial charge on any atom is 0.224 e. The highest BCUT2D eigenvalue weighted by Gasteiger charge is 2.13. The molecule has 0 aliphatic rings. The second kappa shape index (κ2) is 5.44. The Kier molecular flexibility index (Phi) is 3.72. The fourth-order valence-electron chi connectivity index (χ4n) is 1.76. The van der Waals surface area contributed by atoms with Crippen molar-refractivity contribution in [1.29, 1.82) is 0 Å². The largest absolute Gasteiger partial charge is 0.480 e. The lowest BCUT2D eigenvalue weighted by atomic mass is 10.1. The summed E-state index contributed by atoms with van der Waals surface area (Å²) in [7, 11) is 3.43. The van der Waals surface area contributed by atoms with Gasteiger partial charge in [-0.25, -0.2) is 9.97 Å². The summed E-state index contributed by atoms with van der Waals surface area (Å²) in [4.78, 5) is 20.3. The minimum Gasteiger partial charge on any atom is -0.480 e. The van der Waals surface area contributed by atoms with Crippen LogP contribution in [0.4, 0.5) is 0 Å². The van der Waals surface area contributed by atoms with Gasteiger partial charge >= 0.3 is 0 Å². The first-order chi connectivity index (χ1) is 8.72. The second-order valence-corrected chi connectivity index (χ2v) is 3.94. The number of aryl methyl sites for hydroxylation is 2. The SMILES string of the molecule is COc1ncccc1C(=O)CCc1nccn1C. The van der Waals surface area contributed by atoms with E-state index in [0.717, 1.165) is 5.82 Å². The van der Waals surface area contributed by atoms with E-state index >= 15 is 0 Å². The van der Waals surface area contributed by atoms with Gasteiger partial charge in [-0.05, 0) is 12.1 Å². The summed E-state index contributed by atoms with van der Waals surface area (Å²) in [6, 6.07) is 3.46. The predicted octanol–water partition coefficient (Wildman–Crippen LogP) is 1.64. The summed E-state index contributed by atoms with van der Waals surface area (Å²) in [5.41, 5.74) is 0.522. The second-order valence-electron chi connectivity index (χ2n) is 3.94. The molecule has 0 unspecified atom stereocenters. The van der Waals surface area contributed by atoms with E-state index in [1.807, 2.05) is 17.8 Å². The van der Waals surface area contributed by atoms with Gasteiger partial charge in [0.05, 0.1) is 12.7 Å². The number of ether oxygens (including phenoxy) is 1. The van der Waals surface area contributed by atoms with Gasteiger partial charge in [0.1, 0.15) is 5.82 Å². The van der Waals surface area contributed by atoms with E-state index in [2.05, 4.69) is 9.97 Å². The van der Waals surface area contributed by atoms with Crippen LogP contribution in [-0.4, -0.2) is 27.4 Å². The van der Waals surface area contributed by atoms with Crippen molar-refractivity contribution in [2.75, 3.05) is 7.11 Å². The number of hydrogen-bond donors (Lipinski definition) is 0. The first-order valence-electron chi connectivity index (χ1n) is 5.70. The molecule has 0 saturated carbocycles. The molecule has 2 rings (SSSR count). The van der Waals surface area contributed by atoms with Crippen LogP contribution >= 0.6 is 0 Å². The lowest BCUT2D eigenvalue weighted by Crippen LogP contribution is -2.07. The van der Waals surface area contributed by atoms with Gasteiger partial charge in [-0.2, -0.15) is 0 Å². The molecule has 0 bridgehead atoms. The molecule has 2 aromatic rings. The van der Waals surface area contributed by atoms with Crippen LogP contribution in [0.25, 0.3) is 0 Å². The van der Waals surface area contributed by atoms with Crippen LogP contribution in [0.2, 0.25) is 0 Å². The van der Waals surface area contributed by atoms with Gasteiger partial charge in [0.25, 0.3) is 0 Å². The summed E-state index contributed by atoms with van der Waals surface area (Å²) in [6.07, 6.45) is 6.20. The molecule has 0 aliphatic carbocycles. The molecule has 0 aromatic carbocycles. The van der Waals surface area contributed by atoms with Crippen LogP contribution < -0.4 is 4.74 Å². The maximum atomic E-state index is 12.1. The molecule has 0 amide bonds. The Morgan fingerprint density at radius 2 is 2.22 bits per heavy atom. The molecule has 0 saturated heterocycles. The fourth-order valence-corrected chi connectivity index (χ4v) is 1.76. The minimum atomic E-state index is 0.0166. The number of ketones is 1. The molecule has 0 N–H and O–H groups in total. The van der Waals surface area contributed by atoms with Crippen molar-refractivity contribution >= 4 is 5.78 Å². The lowest BCUT2D eigenvalue weighted by Gasteiger charge is -2.05.